The number of benzene rings is 2. The van der Waals surface area contributed by atoms with Crippen LogP contribution in [0.1, 0.15) is 53.2 Å². The van der Waals surface area contributed by atoms with Gasteiger partial charge in [0.15, 0.2) is 5.78 Å². The van der Waals surface area contributed by atoms with E-state index in [1.54, 1.807) is 13.0 Å². The van der Waals surface area contributed by atoms with Crippen molar-refractivity contribution >= 4 is 29.0 Å². The molecule has 0 radical (unpaired) electrons. The molecule has 0 fully saturated rings. The smallest absolute Gasteiger partial charge is 0.224 e. The van der Waals surface area contributed by atoms with Crippen molar-refractivity contribution in [3.8, 4) is 0 Å². The standard InChI is InChI=1S/C19H16ClNO2/c1-11(22)21-16-10-13(20)9-15-17(23)8-7-14(18(15)16)19(21)12-5-3-2-4-6-12/h2-6,9-10,14,19H,7-8H2,1H3. The summed E-state index contributed by atoms with van der Waals surface area (Å²) in [5.41, 5.74) is 3.58. The third kappa shape index (κ3) is 2.11. The summed E-state index contributed by atoms with van der Waals surface area (Å²) in [4.78, 5) is 26.5. The lowest BCUT2D eigenvalue weighted by atomic mass is 9.78. The Morgan fingerprint density at radius 1 is 1.22 bits per heavy atom. The number of hydrogen-bond acceptors (Lipinski definition) is 2. The number of carbonyl (C=O) groups excluding carboxylic acids is 2. The molecule has 116 valence electrons. The van der Waals surface area contributed by atoms with Crippen LogP contribution >= 0.6 is 11.6 Å². The Labute approximate surface area is 139 Å². The van der Waals surface area contributed by atoms with Gasteiger partial charge in [-0.15, -0.1) is 0 Å². The van der Waals surface area contributed by atoms with Crippen LogP contribution in [-0.2, 0) is 4.79 Å². The minimum atomic E-state index is -0.0611. The van der Waals surface area contributed by atoms with Gasteiger partial charge >= 0.3 is 0 Å². The number of amides is 1. The molecule has 23 heavy (non-hydrogen) atoms. The quantitative estimate of drug-likeness (QED) is 0.773. The number of rotatable bonds is 1. The van der Waals surface area contributed by atoms with E-state index < -0.39 is 0 Å². The summed E-state index contributed by atoms with van der Waals surface area (Å²) in [5.74, 6) is 0.253. The highest BCUT2D eigenvalue weighted by molar-refractivity contribution is 6.31. The fourth-order valence-corrected chi connectivity index (χ4v) is 4.24. The fraction of sp³-hybridized carbons (Fsp3) is 0.263. The first-order chi connectivity index (χ1) is 11.1. The van der Waals surface area contributed by atoms with Crippen molar-refractivity contribution in [1.82, 2.24) is 0 Å². The Kier molecular flexibility index (Phi) is 3.27. The average molecular weight is 326 g/mol. The number of Topliss-reactive ketones (excluding diaryl/α,β-unsaturated/α-hetero) is 1. The van der Waals surface area contributed by atoms with Crippen LogP contribution in [0.4, 0.5) is 5.69 Å². The number of ketones is 1. The highest BCUT2D eigenvalue weighted by Gasteiger charge is 2.45. The Balaban J connectivity index is 1.97. The van der Waals surface area contributed by atoms with Gasteiger partial charge in [0.1, 0.15) is 0 Å². The van der Waals surface area contributed by atoms with Crippen LogP contribution in [-0.4, -0.2) is 11.7 Å². The van der Waals surface area contributed by atoms with Crippen molar-refractivity contribution in [3.05, 3.63) is 64.2 Å². The van der Waals surface area contributed by atoms with E-state index in [2.05, 4.69) is 0 Å². The molecule has 2 atom stereocenters. The largest absolute Gasteiger partial charge is 0.304 e. The zero-order chi connectivity index (χ0) is 16.1. The second kappa shape index (κ2) is 5.20. The van der Waals surface area contributed by atoms with E-state index in [0.717, 1.165) is 23.2 Å². The third-order valence-electron chi connectivity index (χ3n) is 4.88. The molecule has 2 aromatic rings. The Hall–Kier alpha value is -2.13. The molecule has 1 aliphatic carbocycles. The second-order valence-corrected chi connectivity index (χ2v) is 6.64. The first-order valence-corrected chi connectivity index (χ1v) is 8.17. The molecule has 1 amide bonds. The van der Waals surface area contributed by atoms with Crippen LogP contribution in [0.15, 0.2) is 42.5 Å². The predicted molar refractivity (Wildman–Crippen MR) is 90.1 cm³/mol. The topological polar surface area (TPSA) is 37.4 Å². The molecule has 2 aromatic carbocycles. The molecule has 0 spiro atoms. The maximum Gasteiger partial charge on any atom is 0.224 e. The van der Waals surface area contributed by atoms with Gasteiger partial charge < -0.3 is 4.90 Å². The van der Waals surface area contributed by atoms with Crippen LogP contribution in [0.5, 0.6) is 0 Å². The number of hydrogen-bond donors (Lipinski definition) is 0. The van der Waals surface area contributed by atoms with Gasteiger partial charge in [0.25, 0.3) is 0 Å². The van der Waals surface area contributed by atoms with Gasteiger partial charge in [-0.25, -0.2) is 0 Å². The minimum Gasteiger partial charge on any atom is -0.304 e. The molecule has 2 unspecified atom stereocenters. The lowest BCUT2D eigenvalue weighted by molar-refractivity contribution is -0.117. The van der Waals surface area contributed by atoms with Crippen LogP contribution in [0.25, 0.3) is 0 Å². The molecule has 1 heterocycles. The van der Waals surface area contributed by atoms with Gasteiger partial charge in [0.05, 0.1) is 11.7 Å². The Morgan fingerprint density at radius 2 is 1.96 bits per heavy atom. The lowest BCUT2D eigenvalue weighted by Crippen LogP contribution is -2.31. The summed E-state index contributed by atoms with van der Waals surface area (Å²) in [7, 11) is 0. The van der Waals surface area contributed by atoms with E-state index >= 15 is 0 Å². The highest BCUT2D eigenvalue weighted by atomic mass is 35.5. The maximum absolute atomic E-state index is 12.4. The van der Waals surface area contributed by atoms with Crippen molar-refractivity contribution in [2.24, 2.45) is 0 Å². The monoisotopic (exact) mass is 325 g/mol. The van der Waals surface area contributed by atoms with Crippen LogP contribution in [0.2, 0.25) is 5.02 Å². The molecule has 0 saturated heterocycles. The van der Waals surface area contributed by atoms with E-state index in [4.69, 9.17) is 11.6 Å². The van der Waals surface area contributed by atoms with Crippen molar-refractivity contribution in [2.75, 3.05) is 4.90 Å². The van der Waals surface area contributed by atoms with E-state index in [1.165, 1.54) is 0 Å². The molecular weight excluding hydrogens is 310 g/mol. The van der Waals surface area contributed by atoms with E-state index in [9.17, 15) is 9.59 Å². The summed E-state index contributed by atoms with van der Waals surface area (Å²) in [6.45, 7) is 1.57. The normalized spacial score (nSPS) is 22.2. The molecule has 3 nitrogen and oxygen atoms in total. The van der Waals surface area contributed by atoms with Gasteiger partial charge in [-0.2, -0.15) is 0 Å². The minimum absolute atomic E-state index is 0.0230. The highest BCUT2D eigenvalue weighted by Crippen LogP contribution is 2.55. The predicted octanol–water partition coefficient (Wildman–Crippen LogP) is 4.51. The SMILES string of the molecule is CC(=O)N1c2cc(Cl)cc3c2C(CCC3=O)C1c1ccccc1. The summed E-state index contributed by atoms with van der Waals surface area (Å²) >= 11 is 6.22. The maximum atomic E-state index is 12.4. The third-order valence-corrected chi connectivity index (χ3v) is 5.09. The van der Waals surface area contributed by atoms with Gasteiger partial charge in [0, 0.05) is 29.8 Å². The van der Waals surface area contributed by atoms with Gasteiger partial charge in [0.2, 0.25) is 5.91 Å². The molecule has 0 bridgehead atoms. The van der Waals surface area contributed by atoms with E-state index in [-0.39, 0.29) is 23.7 Å². The molecule has 2 aliphatic rings. The number of carbonyl (C=O) groups is 2. The molecule has 0 saturated carbocycles. The average Bonchev–Trinajstić information content (AvgIpc) is 2.86. The molecule has 0 N–H and O–H groups in total. The van der Waals surface area contributed by atoms with Gasteiger partial charge in [-0.05, 0) is 29.7 Å². The van der Waals surface area contributed by atoms with Crippen molar-refractivity contribution in [1.29, 1.82) is 0 Å². The van der Waals surface area contributed by atoms with E-state index in [1.807, 2.05) is 41.3 Å². The van der Waals surface area contributed by atoms with Crippen LogP contribution < -0.4 is 4.90 Å². The molecule has 4 rings (SSSR count). The zero-order valence-electron chi connectivity index (χ0n) is 12.8. The summed E-state index contributed by atoms with van der Waals surface area (Å²) in [6, 6.07) is 13.5. The second-order valence-electron chi connectivity index (χ2n) is 6.20. The zero-order valence-corrected chi connectivity index (χ0v) is 13.5. The molecule has 0 aromatic heterocycles. The summed E-state index contributed by atoms with van der Waals surface area (Å²) < 4.78 is 0. The van der Waals surface area contributed by atoms with Crippen LogP contribution in [0.3, 0.4) is 0 Å². The van der Waals surface area contributed by atoms with E-state index in [0.29, 0.717) is 17.0 Å². The van der Waals surface area contributed by atoms with Gasteiger partial charge in [-0.3, -0.25) is 9.59 Å². The molecule has 1 aliphatic heterocycles. The fourth-order valence-electron chi connectivity index (χ4n) is 4.03. The van der Waals surface area contributed by atoms with Crippen molar-refractivity contribution in [3.63, 3.8) is 0 Å². The molecule has 4 heteroatoms. The number of halogens is 1. The molecular formula is C19H16ClNO2. The van der Waals surface area contributed by atoms with Crippen molar-refractivity contribution in [2.45, 2.75) is 31.7 Å². The number of nitrogens with zero attached hydrogens (tertiary/aromatic N) is 1. The van der Waals surface area contributed by atoms with Crippen LogP contribution in [0, 0.1) is 0 Å². The summed E-state index contributed by atoms with van der Waals surface area (Å²) in [5, 5.41) is 0.507. The van der Waals surface area contributed by atoms with Gasteiger partial charge in [-0.1, -0.05) is 41.9 Å². The first kappa shape index (κ1) is 14.5. The first-order valence-electron chi connectivity index (χ1n) is 7.79. The number of anilines is 1. The summed E-state index contributed by atoms with van der Waals surface area (Å²) in [6.07, 6.45) is 1.27. The Morgan fingerprint density at radius 3 is 2.65 bits per heavy atom. The Bertz CT molecular complexity index is 816. The lowest BCUT2D eigenvalue weighted by Gasteiger charge is -2.29. The van der Waals surface area contributed by atoms with Crippen molar-refractivity contribution < 1.29 is 9.59 Å².